The van der Waals surface area contributed by atoms with E-state index in [1.54, 1.807) is 34.6 Å². The molecule has 0 saturated carbocycles. The number of nitrogens with one attached hydrogen (secondary N) is 2. The molecule has 288 valence electrons. The zero-order valence-electron chi connectivity index (χ0n) is 30.1. The van der Waals surface area contributed by atoms with Crippen LogP contribution in [0.15, 0.2) is 30.7 Å². The molecule has 18 heteroatoms. The monoisotopic (exact) mass is 755 g/mol. The van der Waals surface area contributed by atoms with Crippen LogP contribution < -0.4 is 19.1 Å². The van der Waals surface area contributed by atoms with Crippen molar-refractivity contribution in [1.29, 1.82) is 0 Å². The first-order valence-electron chi connectivity index (χ1n) is 17.4. The Balaban J connectivity index is 1.11. The Kier molecular flexibility index (Phi) is 12.2. The highest BCUT2D eigenvalue weighted by Gasteiger charge is 2.46. The molecule has 3 aliphatic heterocycles. The Bertz CT molecular complexity index is 1670. The summed E-state index contributed by atoms with van der Waals surface area (Å²) in [5.41, 5.74) is -0.935. The normalized spacial score (nSPS) is 20.8. The molecule has 0 unspecified atom stereocenters. The lowest BCUT2D eigenvalue weighted by atomic mass is 9.72. The van der Waals surface area contributed by atoms with Gasteiger partial charge in [-0.05, 0) is 91.6 Å². The number of likely N-dealkylation sites (tertiary alicyclic amines) is 1. The summed E-state index contributed by atoms with van der Waals surface area (Å²) in [5.74, 6) is -0.684. The summed E-state index contributed by atoms with van der Waals surface area (Å²) in [4.78, 5) is 39.1. The van der Waals surface area contributed by atoms with Crippen molar-refractivity contribution in [3.8, 4) is 11.5 Å². The van der Waals surface area contributed by atoms with Crippen LogP contribution in [0.25, 0.3) is 0 Å². The highest BCUT2D eigenvalue weighted by molar-refractivity contribution is 7.88. The third kappa shape index (κ3) is 10.4. The second kappa shape index (κ2) is 16.1. The number of benzene rings is 1. The minimum Gasteiger partial charge on any atom is -0.451 e. The van der Waals surface area contributed by atoms with Gasteiger partial charge < -0.3 is 28.9 Å². The Labute approximate surface area is 302 Å². The minimum atomic E-state index is -4.10. The highest BCUT2D eigenvalue weighted by atomic mass is 32.2. The standard InChI is InChI=1S/C34H48F3N7O7S/c1-22(2)44(17-29(36)37)31(45)26-14-23(35)6-9-27(26)50-28-15-38-21-39-30(28)43-19-34(20-43)10-12-42(13-11-34)16-25-8-7-24(18-49-25)40-52(47,48)41-32(46)51-33(3,4)5/h6,9,14-15,21-22,24-25,29,40H,7-8,10-13,16-20H2,1-5H3,(H,41,46)/t24-,25+/m1/s1. The van der Waals surface area contributed by atoms with E-state index in [1.165, 1.54) is 18.6 Å². The van der Waals surface area contributed by atoms with Crippen LogP contribution in [0.1, 0.15) is 70.7 Å². The van der Waals surface area contributed by atoms with E-state index in [4.69, 9.17) is 14.2 Å². The predicted molar refractivity (Wildman–Crippen MR) is 185 cm³/mol. The Morgan fingerprint density at radius 3 is 2.46 bits per heavy atom. The summed E-state index contributed by atoms with van der Waals surface area (Å²) in [6, 6.07) is 2.40. The maximum Gasteiger partial charge on any atom is 0.422 e. The number of alkyl halides is 2. The van der Waals surface area contributed by atoms with Gasteiger partial charge in [-0.25, -0.2) is 32.7 Å². The van der Waals surface area contributed by atoms with E-state index in [1.807, 2.05) is 4.72 Å². The van der Waals surface area contributed by atoms with E-state index < -0.39 is 58.7 Å². The molecule has 2 atom stereocenters. The Morgan fingerprint density at radius 1 is 1.13 bits per heavy atom. The van der Waals surface area contributed by atoms with E-state index in [-0.39, 0.29) is 35.2 Å². The zero-order chi connectivity index (χ0) is 37.8. The molecule has 1 spiro atoms. The van der Waals surface area contributed by atoms with Crippen LogP contribution in [0.4, 0.5) is 23.8 Å². The number of aromatic nitrogens is 2. The third-order valence-corrected chi connectivity index (χ3v) is 10.4. The lowest BCUT2D eigenvalue weighted by molar-refractivity contribution is -0.0299. The van der Waals surface area contributed by atoms with E-state index in [0.717, 1.165) is 62.6 Å². The van der Waals surface area contributed by atoms with Gasteiger partial charge in [0.2, 0.25) is 0 Å². The second-order valence-corrected chi connectivity index (χ2v) is 16.5. The lowest BCUT2D eigenvalue weighted by Crippen LogP contribution is -2.61. The summed E-state index contributed by atoms with van der Waals surface area (Å²) in [6.07, 6.45) is 2.13. The van der Waals surface area contributed by atoms with Gasteiger partial charge in [0, 0.05) is 37.1 Å². The van der Waals surface area contributed by atoms with Gasteiger partial charge in [0.25, 0.3) is 12.3 Å². The van der Waals surface area contributed by atoms with Crippen LogP contribution in [0.2, 0.25) is 0 Å². The number of halogens is 3. The Morgan fingerprint density at radius 2 is 1.85 bits per heavy atom. The van der Waals surface area contributed by atoms with Gasteiger partial charge in [-0.2, -0.15) is 13.1 Å². The lowest BCUT2D eigenvalue weighted by Gasteiger charge is -2.54. The van der Waals surface area contributed by atoms with Crippen LogP contribution in [-0.2, 0) is 19.7 Å². The number of nitrogens with zero attached hydrogens (tertiary/aromatic N) is 5. The molecule has 2 aromatic rings. The molecule has 3 fully saturated rings. The molecule has 5 rings (SSSR count). The highest BCUT2D eigenvalue weighted by Crippen LogP contribution is 2.45. The molecule has 1 aromatic carbocycles. The molecular formula is C34H48F3N7O7S. The SMILES string of the molecule is CC(C)N(CC(F)F)C(=O)c1cc(F)ccc1Oc1cncnc1N1CC2(CCN(C[C@@H]3CC[C@@H](NS(=O)(=O)NC(=O)OC(C)(C)C)CO3)CC2)C1. The first kappa shape index (κ1) is 39.5. The van der Waals surface area contributed by atoms with Gasteiger partial charge in [-0.1, -0.05) is 0 Å². The number of rotatable bonds is 12. The van der Waals surface area contributed by atoms with Crippen molar-refractivity contribution in [2.75, 3.05) is 50.8 Å². The summed E-state index contributed by atoms with van der Waals surface area (Å²) in [5, 5.41) is 0. The number of hydrogen-bond donors (Lipinski definition) is 2. The van der Waals surface area contributed by atoms with Crippen LogP contribution >= 0.6 is 0 Å². The number of ether oxygens (including phenoxy) is 3. The van der Waals surface area contributed by atoms with Crippen LogP contribution in [-0.4, -0.2) is 116 Å². The number of piperidine rings is 1. The summed E-state index contributed by atoms with van der Waals surface area (Å²) in [7, 11) is -4.10. The molecule has 52 heavy (non-hydrogen) atoms. The van der Waals surface area contributed by atoms with E-state index in [2.05, 4.69) is 24.5 Å². The van der Waals surface area contributed by atoms with Crippen molar-refractivity contribution in [1.82, 2.24) is 29.2 Å². The fourth-order valence-corrected chi connectivity index (χ4v) is 7.70. The fourth-order valence-electron chi connectivity index (χ4n) is 6.76. The first-order chi connectivity index (χ1) is 24.4. The molecule has 1 aromatic heterocycles. The van der Waals surface area contributed by atoms with Crippen molar-refractivity contribution < 1.29 is 45.4 Å². The number of hydrogen-bond acceptors (Lipinski definition) is 11. The quantitative estimate of drug-likeness (QED) is 0.318. The van der Waals surface area contributed by atoms with Crippen molar-refractivity contribution in [3.05, 3.63) is 42.1 Å². The minimum absolute atomic E-state index is 0.0111. The molecule has 0 bridgehead atoms. The fraction of sp³-hybridized carbons (Fsp3) is 0.647. The molecule has 3 aliphatic rings. The zero-order valence-corrected chi connectivity index (χ0v) is 30.9. The average molecular weight is 756 g/mol. The number of carbonyl (C=O) groups is 2. The number of anilines is 1. The molecule has 2 N–H and O–H groups in total. The van der Waals surface area contributed by atoms with Crippen LogP contribution in [0, 0.1) is 11.2 Å². The topological polar surface area (TPSA) is 156 Å². The molecule has 4 heterocycles. The maximum absolute atomic E-state index is 14.3. The van der Waals surface area contributed by atoms with Gasteiger partial charge in [-0.3, -0.25) is 4.79 Å². The van der Waals surface area contributed by atoms with Gasteiger partial charge in [0.05, 0.1) is 31.0 Å². The van der Waals surface area contributed by atoms with Gasteiger partial charge in [0.1, 0.15) is 23.5 Å². The second-order valence-electron chi connectivity index (χ2n) is 15.0. The maximum atomic E-state index is 14.3. The van der Waals surface area contributed by atoms with E-state index >= 15 is 0 Å². The summed E-state index contributed by atoms with van der Waals surface area (Å²) in [6.45, 7) is 11.4. The third-order valence-electron chi connectivity index (χ3n) is 9.31. The van der Waals surface area contributed by atoms with E-state index in [0.29, 0.717) is 18.7 Å². The van der Waals surface area contributed by atoms with Crippen LogP contribution in [0.3, 0.4) is 0 Å². The van der Waals surface area contributed by atoms with E-state index in [9.17, 15) is 31.2 Å². The molecule has 3 saturated heterocycles. The van der Waals surface area contributed by atoms with Gasteiger partial charge in [-0.15, -0.1) is 0 Å². The van der Waals surface area contributed by atoms with Crippen LogP contribution in [0.5, 0.6) is 11.5 Å². The molecular weight excluding hydrogens is 707 g/mol. The van der Waals surface area contributed by atoms with Gasteiger partial charge in [0.15, 0.2) is 11.6 Å². The molecule has 2 amide bonds. The first-order valence-corrected chi connectivity index (χ1v) is 18.9. The van der Waals surface area contributed by atoms with Crippen molar-refractivity contribution in [3.63, 3.8) is 0 Å². The van der Waals surface area contributed by atoms with Crippen molar-refractivity contribution >= 4 is 28.0 Å². The average Bonchev–Trinajstić information content (AvgIpc) is 3.03. The molecule has 0 aliphatic carbocycles. The largest absolute Gasteiger partial charge is 0.451 e. The smallest absolute Gasteiger partial charge is 0.422 e. The number of carbonyl (C=O) groups excluding carboxylic acids is 2. The summed E-state index contributed by atoms with van der Waals surface area (Å²) < 4.78 is 87.0. The molecule has 14 nitrogen and oxygen atoms in total. The summed E-state index contributed by atoms with van der Waals surface area (Å²) >= 11 is 0. The Hall–Kier alpha value is -3.74. The van der Waals surface area contributed by atoms with Crippen molar-refractivity contribution in [2.45, 2.75) is 90.5 Å². The van der Waals surface area contributed by atoms with Crippen molar-refractivity contribution in [2.24, 2.45) is 5.41 Å². The predicted octanol–water partition coefficient (Wildman–Crippen LogP) is 4.33. The molecule has 0 radical (unpaired) electrons. The number of amides is 2. The van der Waals surface area contributed by atoms with Gasteiger partial charge >= 0.3 is 16.3 Å².